The predicted molar refractivity (Wildman–Crippen MR) is 248 cm³/mol. The molecule has 6 nitrogen and oxygen atoms in total. The van der Waals surface area contributed by atoms with Crippen LogP contribution in [0.4, 0.5) is 0 Å². The SMILES string of the molecule is CCCCCCC/C=C\C/C=C\C/C=C\CCCCCCCCC(=O)NC(CS(=O)(=O)O)C(O)/C=C/CC/C=C/CCCCCCCCCCCCCCCCC. The fourth-order valence-electron chi connectivity index (χ4n) is 7.06. The largest absolute Gasteiger partial charge is 0.387 e. The zero-order valence-corrected chi connectivity index (χ0v) is 38.0. The molecule has 2 unspecified atom stereocenters. The summed E-state index contributed by atoms with van der Waals surface area (Å²) in [6.07, 6.45) is 60.7. The number of allylic oxidation sites excluding steroid dienone is 9. The van der Waals surface area contributed by atoms with Crippen molar-refractivity contribution in [1.29, 1.82) is 0 Å². The summed E-state index contributed by atoms with van der Waals surface area (Å²) < 4.78 is 32.6. The molecular formula is C50H91NO5S. The molecule has 0 aromatic rings. The molecule has 7 heteroatoms. The van der Waals surface area contributed by atoms with Crippen LogP contribution in [0.15, 0.2) is 60.8 Å². The van der Waals surface area contributed by atoms with Gasteiger partial charge in [0.05, 0.1) is 17.9 Å². The third kappa shape index (κ3) is 45.0. The van der Waals surface area contributed by atoms with Gasteiger partial charge in [0.2, 0.25) is 5.91 Å². The van der Waals surface area contributed by atoms with Crippen molar-refractivity contribution in [1.82, 2.24) is 5.32 Å². The van der Waals surface area contributed by atoms with Crippen molar-refractivity contribution in [3.05, 3.63) is 60.8 Å². The van der Waals surface area contributed by atoms with Crippen LogP contribution in [0.3, 0.4) is 0 Å². The number of rotatable bonds is 43. The van der Waals surface area contributed by atoms with E-state index in [-0.39, 0.29) is 12.3 Å². The number of carbonyl (C=O) groups is 1. The van der Waals surface area contributed by atoms with Crippen LogP contribution in [0, 0.1) is 0 Å². The molecule has 0 aliphatic heterocycles. The summed E-state index contributed by atoms with van der Waals surface area (Å²) in [4.78, 5) is 12.6. The Balaban J connectivity index is 3.93. The van der Waals surface area contributed by atoms with Gasteiger partial charge in [-0.05, 0) is 70.6 Å². The molecule has 0 aromatic heterocycles. The van der Waals surface area contributed by atoms with Crippen molar-refractivity contribution in [3.63, 3.8) is 0 Å². The monoisotopic (exact) mass is 818 g/mol. The molecule has 0 saturated heterocycles. The van der Waals surface area contributed by atoms with Gasteiger partial charge in [0.15, 0.2) is 0 Å². The molecule has 0 saturated carbocycles. The van der Waals surface area contributed by atoms with Crippen LogP contribution in [0.5, 0.6) is 0 Å². The second kappa shape index (κ2) is 43.6. The average molecular weight is 818 g/mol. The van der Waals surface area contributed by atoms with Gasteiger partial charge < -0.3 is 10.4 Å². The zero-order chi connectivity index (χ0) is 41.8. The minimum atomic E-state index is -4.37. The standard InChI is InChI=1S/C50H91NO5S/c1-3-5-7-9-11-13-15-17-19-21-23-25-27-29-31-33-35-37-39-41-43-45-49(52)48(47-57(54,55)56)51-50(53)46-44-42-40-38-36-34-32-30-28-26-24-22-20-18-16-14-12-10-8-6-4-2/h16,18,22,24,28,30,35,37,43,45,48-49,52H,3-15,17,19-21,23,25-27,29,31-34,36,38-42,44,46-47H2,1-2H3,(H,51,53)(H,54,55,56)/b18-16-,24-22-,30-28-,37-35+,45-43+. The average Bonchev–Trinajstić information content (AvgIpc) is 3.18. The van der Waals surface area contributed by atoms with E-state index >= 15 is 0 Å². The maximum Gasteiger partial charge on any atom is 0.267 e. The fourth-order valence-corrected chi connectivity index (χ4v) is 7.80. The van der Waals surface area contributed by atoms with Gasteiger partial charge in [-0.2, -0.15) is 8.42 Å². The van der Waals surface area contributed by atoms with E-state index in [2.05, 4.69) is 67.8 Å². The van der Waals surface area contributed by atoms with Crippen LogP contribution in [0.25, 0.3) is 0 Å². The first kappa shape index (κ1) is 55.0. The van der Waals surface area contributed by atoms with E-state index in [1.54, 1.807) is 0 Å². The van der Waals surface area contributed by atoms with E-state index in [1.165, 1.54) is 154 Å². The van der Waals surface area contributed by atoms with E-state index in [0.717, 1.165) is 51.4 Å². The first-order chi connectivity index (χ1) is 27.8. The first-order valence-electron chi connectivity index (χ1n) is 24.0. The third-order valence-corrected chi connectivity index (χ3v) is 11.4. The summed E-state index contributed by atoms with van der Waals surface area (Å²) in [5.74, 6) is -1.02. The fraction of sp³-hybridized carbons (Fsp3) is 0.780. The Hall–Kier alpha value is -1.96. The van der Waals surface area contributed by atoms with Gasteiger partial charge in [-0.3, -0.25) is 9.35 Å². The van der Waals surface area contributed by atoms with Gasteiger partial charge in [0, 0.05) is 6.42 Å². The van der Waals surface area contributed by atoms with Crippen molar-refractivity contribution >= 4 is 16.0 Å². The van der Waals surface area contributed by atoms with Gasteiger partial charge >= 0.3 is 0 Å². The van der Waals surface area contributed by atoms with Gasteiger partial charge in [0.1, 0.15) is 0 Å². The summed E-state index contributed by atoms with van der Waals surface area (Å²) in [6.45, 7) is 4.53. The number of hydrogen-bond acceptors (Lipinski definition) is 4. The second-order valence-corrected chi connectivity index (χ2v) is 17.9. The summed E-state index contributed by atoms with van der Waals surface area (Å²) in [5, 5.41) is 13.3. The molecule has 0 aliphatic rings. The molecule has 2 atom stereocenters. The number of hydrogen-bond donors (Lipinski definition) is 3. The van der Waals surface area contributed by atoms with Crippen LogP contribution in [0.2, 0.25) is 0 Å². The van der Waals surface area contributed by atoms with Crippen molar-refractivity contribution < 1.29 is 22.9 Å². The van der Waals surface area contributed by atoms with Gasteiger partial charge in [0.25, 0.3) is 10.1 Å². The van der Waals surface area contributed by atoms with E-state index in [1.807, 2.05) is 6.08 Å². The molecule has 0 rings (SSSR count). The van der Waals surface area contributed by atoms with Gasteiger partial charge in [-0.1, -0.05) is 216 Å². The topological polar surface area (TPSA) is 104 Å². The predicted octanol–water partition coefficient (Wildman–Crippen LogP) is 14.8. The highest BCUT2D eigenvalue weighted by atomic mass is 32.2. The Morgan fingerprint density at radius 1 is 0.474 bits per heavy atom. The number of amides is 1. The van der Waals surface area contributed by atoms with Crippen molar-refractivity contribution in [2.75, 3.05) is 5.75 Å². The molecule has 1 amide bonds. The second-order valence-electron chi connectivity index (χ2n) is 16.4. The first-order valence-corrected chi connectivity index (χ1v) is 25.6. The molecule has 332 valence electrons. The Morgan fingerprint density at radius 3 is 1.23 bits per heavy atom. The quantitative estimate of drug-likeness (QED) is 0.0323. The number of aliphatic hydroxyl groups excluding tert-OH is 1. The lowest BCUT2D eigenvalue weighted by molar-refractivity contribution is -0.122. The van der Waals surface area contributed by atoms with Gasteiger partial charge in [-0.15, -0.1) is 0 Å². The van der Waals surface area contributed by atoms with Crippen molar-refractivity contribution in [3.8, 4) is 0 Å². The smallest absolute Gasteiger partial charge is 0.267 e. The molecule has 57 heavy (non-hydrogen) atoms. The lowest BCUT2D eigenvalue weighted by Crippen LogP contribution is -2.46. The molecule has 0 aliphatic carbocycles. The van der Waals surface area contributed by atoms with Crippen LogP contribution in [-0.2, 0) is 14.9 Å². The molecular weight excluding hydrogens is 727 g/mol. The normalized spacial score (nSPS) is 13.7. The van der Waals surface area contributed by atoms with E-state index < -0.39 is 28.0 Å². The van der Waals surface area contributed by atoms with Crippen molar-refractivity contribution in [2.45, 2.75) is 244 Å². The Morgan fingerprint density at radius 2 is 0.807 bits per heavy atom. The number of nitrogens with one attached hydrogen (secondary N) is 1. The van der Waals surface area contributed by atoms with Crippen LogP contribution in [0.1, 0.15) is 232 Å². The summed E-state index contributed by atoms with van der Waals surface area (Å²) in [6, 6.07) is -1.08. The molecule has 0 fully saturated rings. The maximum absolute atomic E-state index is 12.6. The highest BCUT2D eigenvalue weighted by Crippen LogP contribution is 2.15. The number of unbranched alkanes of at least 4 members (excludes halogenated alkanes) is 27. The Labute approximate surface area is 353 Å². The van der Waals surface area contributed by atoms with Crippen LogP contribution < -0.4 is 5.32 Å². The lowest BCUT2D eigenvalue weighted by atomic mass is 10.0. The third-order valence-electron chi connectivity index (χ3n) is 10.7. The van der Waals surface area contributed by atoms with E-state index in [9.17, 15) is 22.9 Å². The summed E-state index contributed by atoms with van der Waals surface area (Å²) in [7, 11) is -4.37. The molecule has 0 spiro atoms. The molecule has 0 heterocycles. The van der Waals surface area contributed by atoms with Crippen LogP contribution >= 0.6 is 0 Å². The minimum absolute atomic E-state index is 0.271. The summed E-state index contributed by atoms with van der Waals surface area (Å²) >= 11 is 0. The molecule has 0 bridgehead atoms. The van der Waals surface area contributed by atoms with Crippen LogP contribution in [-0.4, -0.2) is 41.9 Å². The summed E-state index contributed by atoms with van der Waals surface area (Å²) in [5.41, 5.74) is 0. The van der Waals surface area contributed by atoms with Gasteiger partial charge in [-0.25, -0.2) is 0 Å². The zero-order valence-electron chi connectivity index (χ0n) is 37.2. The number of carbonyl (C=O) groups excluding carboxylic acids is 1. The van der Waals surface area contributed by atoms with Crippen molar-refractivity contribution in [2.24, 2.45) is 0 Å². The molecule has 0 aromatic carbocycles. The Kier molecular flexibility index (Phi) is 42.1. The lowest BCUT2D eigenvalue weighted by Gasteiger charge is -2.21. The molecule has 3 N–H and O–H groups in total. The highest BCUT2D eigenvalue weighted by molar-refractivity contribution is 7.85. The highest BCUT2D eigenvalue weighted by Gasteiger charge is 2.24. The molecule has 0 radical (unpaired) electrons. The number of aliphatic hydroxyl groups is 1. The van der Waals surface area contributed by atoms with E-state index in [0.29, 0.717) is 12.8 Å². The van der Waals surface area contributed by atoms with E-state index in [4.69, 9.17) is 0 Å². The maximum atomic E-state index is 12.6. The minimum Gasteiger partial charge on any atom is -0.387 e. The Bertz CT molecular complexity index is 1130.